The molecule has 0 spiro atoms. The average molecular weight is 277 g/mol. The van der Waals surface area contributed by atoms with Crippen molar-refractivity contribution in [2.45, 2.75) is 19.4 Å². The van der Waals surface area contributed by atoms with E-state index in [1.54, 1.807) is 6.07 Å². The van der Waals surface area contributed by atoms with E-state index in [1.807, 2.05) is 0 Å². The van der Waals surface area contributed by atoms with Gasteiger partial charge in [-0.1, -0.05) is 0 Å². The summed E-state index contributed by atoms with van der Waals surface area (Å²) in [5.74, 6) is 0.430. The third-order valence-corrected chi connectivity index (χ3v) is 3.63. The van der Waals surface area contributed by atoms with Crippen LogP contribution in [0.15, 0.2) is 22.6 Å². The van der Waals surface area contributed by atoms with Crippen molar-refractivity contribution in [1.29, 1.82) is 0 Å². The van der Waals surface area contributed by atoms with E-state index >= 15 is 0 Å². The molecular formula is C13H15N3O4. The summed E-state index contributed by atoms with van der Waals surface area (Å²) in [6, 6.07) is 4.78. The van der Waals surface area contributed by atoms with Gasteiger partial charge < -0.3 is 14.5 Å². The summed E-state index contributed by atoms with van der Waals surface area (Å²) in [5, 5.41) is 13.8. The van der Waals surface area contributed by atoms with Crippen molar-refractivity contribution < 1.29 is 14.1 Å². The number of non-ortho nitro benzene ring substituents is 1. The van der Waals surface area contributed by atoms with Crippen LogP contribution < -0.4 is 5.32 Å². The highest BCUT2D eigenvalue weighted by atomic mass is 16.6. The molecule has 1 aromatic carbocycles. The van der Waals surface area contributed by atoms with Crippen molar-refractivity contribution in [2.75, 3.05) is 18.5 Å². The molecule has 2 unspecified atom stereocenters. The molecule has 20 heavy (non-hydrogen) atoms. The lowest BCUT2D eigenvalue weighted by Gasteiger charge is -2.13. The van der Waals surface area contributed by atoms with Gasteiger partial charge in [-0.05, 0) is 19.4 Å². The largest absolute Gasteiger partial charge is 0.423 e. The molecule has 7 nitrogen and oxygen atoms in total. The maximum atomic E-state index is 10.7. The predicted molar refractivity (Wildman–Crippen MR) is 72.7 cm³/mol. The Kier molecular flexibility index (Phi) is 3.27. The molecule has 1 fully saturated rings. The van der Waals surface area contributed by atoms with E-state index in [9.17, 15) is 10.1 Å². The number of hydrogen-bond acceptors (Lipinski definition) is 6. The summed E-state index contributed by atoms with van der Waals surface area (Å²) in [7, 11) is 0. The van der Waals surface area contributed by atoms with Crippen LogP contribution in [0, 0.1) is 16.0 Å². The minimum absolute atomic E-state index is 0.00184. The van der Waals surface area contributed by atoms with Gasteiger partial charge in [-0.15, -0.1) is 0 Å². The van der Waals surface area contributed by atoms with Crippen LogP contribution in [0.1, 0.15) is 13.3 Å². The number of benzene rings is 1. The summed E-state index contributed by atoms with van der Waals surface area (Å²) in [6.07, 6.45) is 1.24. The highest BCUT2D eigenvalue weighted by Gasteiger charge is 2.24. The predicted octanol–water partition coefficient (Wildman–Crippen LogP) is 2.57. The number of nitro benzene ring substituents is 1. The van der Waals surface area contributed by atoms with E-state index in [1.165, 1.54) is 12.1 Å². The topological polar surface area (TPSA) is 90.4 Å². The molecule has 3 rings (SSSR count). The molecule has 2 atom stereocenters. The number of nitrogens with one attached hydrogen (secondary N) is 1. The Morgan fingerprint density at radius 2 is 2.40 bits per heavy atom. The summed E-state index contributed by atoms with van der Waals surface area (Å²) >= 11 is 0. The molecule has 0 aliphatic carbocycles. The third-order valence-electron chi connectivity index (χ3n) is 3.63. The van der Waals surface area contributed by atoms with E-state index < -0.39 is 4.92 Å². The molecule has 0 saturated carbocycles. The second-order valence-electron chi connectivity index (χ2n) is 4.93. The molecule has 1 aliphatic heterocycles. The van der Waals surface area contributed by atoms with Gasteiger partial charge in [-0.3, -0.25) is 10.1 Å². The molecule has 0 radical (unpaired) electrons. The van der Waals surface area contributed by atoms with Crippen molar-refractivity contribution in [3.8, 4) is 0 Å². The Morgan fingerprint density at radius 1 is 1.55 bits per heavy atom. The first-order valence-corrected chi connectivity index (χ1v) is 6.54. The van der Waals surface area contributed by atoms with Crippen LogP contribution >= 0.6 is 0 Å². The lowest BCUT2D eigenvalue weighted by molar-refractivity contribution is -0.384. The summed E-state index contributed by atoms with van der Waals surface area (Å²) in [6.45, 7) is 3.55. The fourth-order valence-electron chi connectivity index (χ4n) is 2.37. The molecule has 1 N–H and O–H groups in total. The highest BCUT2D eigenvalue weighted by molar-refractivity contribution is 5.77. The zero-order valence-corrected chi connectivity index (χ0v) is 11.0. The van der Waals surface area contributed by atoms with E-state index in [-0.39, 0.29) is 11.8 Å². The quantitative estimate of drug-likeness (QED) is 0.682. The van der Waals surface area contributed by atoms with Crippen LogP contribution in [0.5, 0.6) is 0 Å². The first-order chi connectivity index (χ1) is 9.63. The van der Waals surface area contributed by atoms with Crippen LogP contribution in [-0.2, 0) is 4.74 Å². The number of fused-ring (bicyclic) bond motifs is 1. The number of anilines is 1. The minimum atomic E-state index is -0.452. The monoisotopic (exact) mass is 277 g/mol. The first-order valence-electron chi connectivity index (χ1n) is 6.54. The van der Waals surface area contributed by atoms with Gasteiger partial charge in [-0.25, -0.2) is 0 Å². The first kappa shape index (κ1) is 12.9. The zero-order chi connectivity index (χ0) is 14.1. The molecule has 0 amide bonds. The molecule has 1 aromatic heterocycles. The van der Waals surface area contributed by atoms with Gasteiger partial charge in [0.05, 0.1) is 17.1 Å². The van der Waals surface area contributed by atoms with Crippen LogP contribution in [0.4, 0.5) is 11.7 Å². The van der Waals surface area contributed by atoms with Gasteiger partial charge in [-0.2, -0.15) is 4.98 Å². The van der Waals surface area contributed by atoms with Gasteiger partial charge in [0.1, 0.15) is 5.52 Å². The number of oxazole rings is 1. The Labute approximate surface area is 115 Å². The number of nitrogens with zero attached hydrogens (tertiary/aromatic N) is 2. The molecule has 2 aromatic rings. The lowest BCUT2D eigenvalue weighted by atomic mass is 10.0. The van der Waals surface area contributed by atoms with Crippen molar-refractivity contribution in [2.24, 2.45) is 5.92 Å². The Morgan fingerprint density at radius 3 is 3.10 bits per heavy atom. The number of ether oxygens (including phenoxy) is 1. The normalized spacial score (nSPS) is 22.2. The van der Waals surface area contributed by atoms with Gasteiger partial charge in [0.15, 0.2) is 5.58 Å². The van der Waals surface area contributed by atoms with Crippen LogP contribution in [-0.4, -0.2) is 29.2 Å². The molecule has 2 heterocycles. The van der Waals surface area contributed by atoms with E-state index in [0.29, 0.717) is 23.0 Å². The lowest BCUT2D eigenvalue weighted by Crippen LogP contribution is -2.20. The number of nitro groups is 1. The second kappa shape index (κ2) is 5.09. The van der Waals surface area contributed by atoms with Crippen LogP contribution in [0.25, 0.3) is 11.1 Å². The Bertz CT molecular complexity index is 640. The molecule has 1 aliphatic rings. The second-order valence-corrected chi connectivity index (χ2v) is 4.93. The Hall–Kier alpha value is -2.15. The molecule has 106 valence electrons. The Balaban J connectivity index is 1.74. The molecule has 1 saturated heterocycles. The highest BCUT2D eigenvalue weighted by Crippen LogP contribution is 2.25. The van der Waals surface area contributed by atoms with Crippen LogP contribution in [0.3, 0.4) is 0 Å². The van der Waals surface area contributed by atoms with E-state index in [2.05, 4.69) is 17.2 Å². The maximum absolute atomic E-state index is 10.7. The maximum Gasteiger partial charge on any atom is 0.295 e. The van der Waals surface area contributed by atoms with E-state index in [4.69, 9.17) is 9.15 Å². The van der Waals surface area contributed by atoms with E-state index in [0.717, 1.165) is 19.6 Å². The third kappa shape index (κ3) is 2.44. The number of aromatic nitrogens is 1. The summed E-state index contributed by atoms with van der Waals surface area (Å²) in [4.78, 5) is 14.5. The molecular weight excluding hydrogens is 262 g/mol. The van der Waals surface area contributed by atoms with Gasteiger partial charge >= 0.3 is 0 Å². The molecule has 0 bridgehead atoms. The minimum Gasteiger partial charge on any atom is -0.423 e. The standard InChI is InChI=1S/C13H15N3O4/c1-8-9(4-5-19-8)7-14-13-15-11-3-2-10(16(17)18)6-12(11)20-13/h2-3,6,8-9H,4-5,7H2,1H3,(H,14,15). The van der Waals surface area contributed by atoms with Crippen molar-refractivity contribution in [1.82, 2.24) is 4.98 Å². The van der Waals surface area contributed by atoms with Gasteiger partial charge in [0.2, 0.25) is 0 Å². The van der Waals surface area contributed by atoms with Gasteiger partial charge in [0, 0.05) is 25.1 Å². The summed E-state index contributed by atoms with van der Waals surface area (Å²) in [5.41, 5.74) is 1.02. The SMILES string of the molecule is CC1OCCC1CNc1nc2ccc([N+](=O)[O-])cc2o1. The smallest absolute Gasteiger partial charge is 0.295 e. The summed E-state index contributed by atoms with van der Waals surface area (Å²) < 4.78 is 11.0. The van der Waals surface area contributed by atoms with Crippen LogP contribution in [0.2, 0.25) is 0 Å². The van der Waals surface area contributed by atoms with Crippen molar-refractivity contribution >= 4 is 22.8 Å². The fraction of sp³-hybridized carbons (Fsp3) is 0.462. The number of rotatable bonds is 4. The average Bonchev–Trinajstić information content (AvgIpc) is 3.00. The fourth-order valence-corrected chi connectivity index (χ4v) is 2.37. The molecule has 7 heteroatoms. The van der Waals surface area contributed by atoms with Gasteiger partial charge in [0.25, 0.3) is 11.7 Å². The zero-order valence-electron chi connectivity index (χ0n) is 11.0. The number of hydrogen-bond donors (Lipinski definition) is 1. The van der Waals surface area contributed by atoms with Crippen molar-refractivity contribution in [3.05, 3.63) is 28.3 Å². The van der Waals surface area contributed by atoms with Crippen molar-refractivity contribution in [3.63, 3.8) is 0 Å².